The molecule has 2 N–H and O–H groups in total. The minimum atomic E-state index is -0.749. The number of nitrogens with two attached hydrogens (primary N) is 1. The number of benzene rings is 1. The highest BCUT2D eigenvalue weighted by atomic mass is 35.5. The zero-order valence-electron chi connectivity index (χ0n) is 8.35. The summed E-state index contributed by atoms with van der Waals surface area (Å²) in [7, 11) is 0. The van der Waals surface area contributed by atoms with E-state index in [4.69, 9.17) is 17.3 Å². The van der Waals surface area contributed by atoms with Crippen LogP contribution in [0.25, 0.3) is 10.4 Å². The first-order chi connectivity index (χ1) is 7.49. The number of hydrogen-bond donors (Lipinski definition) is 1. The van der Waals surface area contributed by atoms with Gasteiger partial charge in [-0.15, -0.1) is 11.3 Å². The molecule has 1 aromatic carbocycles. The van der Waals surface area contributed by atoms with Crippen LogP contribution in [0.3, 0.4) is 0 Å². The van der Waals surface area contributed by atoms with Crippen LogP contribution in [0, 0.1) is 18.6 Å². The fourth-order valence-electron chi connectivity index (χ4n) is 1.35. The minimum absolute atomic E-state index is 0.0708. The summed E-state index contributed by atoms with van der Waals surface area (Å²) < 4.78 is 27.1. The molecule has 0 radical (unpaired) electrons. The Balaban J connectivity index is 2.60. The van der Waals surface area contributed by atoms with Crippen LogP contribution in [0.1, 0.15) is 5.56 Å². The predicted octanol–water partition coefficient (Wildman–Crippen LogP) is 4.24. The second-order valence-corrected chi connectivity index (χ2v) is 5.08. The molecule has 1 heterocycles. The van der Waals surface area contributed by atoms with Gasteiger partial charge in [0.25, 0.3) is 0 Å². The van der Waals surface area contributed by atoms with Gasteiger partial charge in [0, 0.05) is 16.5 Å². The maximum Gasteiger partial charge on any atom is 0.149 e. The van der Waals surface area contributed by atoms with Crippen molar-refractivity contribution in [2.75, 3.05) is 5.73 Å². The SMILES string of the molecule is Cc1cc(-c2cc(N)c(F)cc2F)sc1Cl. The monoisotopic (exact) mass is 259 g/mol. The first kappa shape index (κ1) is 11.4. The van der Waals surface area contributed by atoms with Crippen molar-refractivity contribution < 1.29 is 8.78 Å². The van der Waals surface area contributed by atoms with Gasteiger partial charge in [0.1, 0.15) is 11.6 Å². The van der Waals surface area contributed by atoms with E-state index in [1.54, 1.807) is 6.07 Å². The van der Waals surface area contributed by atoms with Crippen molar-refractivity contribution in [3.63, 3.8) is 0 Å². The van der Waals surface area contributed by atoms with Crippen molar-refractivity contribution in [1.29, 1.82) is 0 Å². The molecule has 0 aliphatic carbocycles. The standard InChI is InChI=1S/C11H8ClF2NS/c1-5-2-10(16-11(5)12)6-3-9(15)8(14)4-7(6)13/h2-4H,15H2,1H3. The van der Waals surface area contributed by atoms with Crippen molar-refractivity contribution >= 4 is 28.6 Å². The summed E-state index contributed by atoms with van der Waals surface area (Å²) in [5.74, 6) is -1.38. The number of hydrogen-bond acceptors (Lipinski definition) is 2. The van der Waals surface area contributed by atoms with Crippen molar-refractivity contribution in [2.45, 2.75) is 6.92 Å². The van der Waals surface area contributed by atoms with Crippen molar-refractivity contribution in [1.82, 2.24) is 0 Å². The van der Waals surface area contributed by atoms with Gasteiger partial charge in [-0.25, -0.2) is 8.78 Å². The Bertz CT molecular complexity index is 532. The van der Waals surface area contributed by atoms with Crippen molar-refractivity contribution in [2.24, 2.45) is 0 Å². The topological polar surface area (TPSA) is 26.0 Å². The molecule has 1 aromatic heterocycles. The van der Waals surface area contributed by atoms with E-state index >= 15 is 0 Å². The Morgan fingerprint density at radius 3 is 2.44 bits per heavy atom. The third-order valence-corrected chi connectivity index (χ3v) is 3.80. The molecular weight excluding hydrogens is 252 g/mol. The van der Waals surface area contributed by atoms with E-state index in [-0.39, 0.29) is 11.3 Å². The molecule has 0 saturated carbocycles. The van der Waals surface area contributed by atoms with Gasteiger partial charge in [-0.2, -0.15) is 0 Å². The molecule has 84 valence electrons. The number of rotatable bonds is 1. The third kappa shape index (κ3) is 1.90. The second kappa shape index (κ2) is 4.03. The summed E-state index contributed by atoms with van der Waals surface area (Å²) in [5.41, 5.74) is 6.47. The molecular formula is C11H8ClF2NS. The summed E-state index contributed by atoms with van der Waals surface area (Å²) in [6, 6.07) is 3.82. The highest BCUT2D eigenvalue weighted by Gasteiger charge is 2.13. The van der Waals surface area contributed by atoms with Gasteiger partial charge in [0.15, 0.2) is 0 Å². The molecule has 0 amide bonds. The lowest BCUT2D eigenvalue weighted by Crippen LogP contribution is -1.93. The molecule has 0 fully saturated rings. The average Bonchev–Trinajstić information content (AvgIpc) is 2.53. The van der Waals surface area contributed by atoms with Gasteiger partial charge in [-0.3, -0.25) is 0 Å². The first-order valence-electron chi connectivity index (χ1n) is 4.50. The van der Waals surface area contributed by atoms with Crippen LogP contribution in [0.15, 0.2) is 18.2 Å². The van der Waals surface area contributed by atoms with Crippen LogP contribution >= 0.6 is 22.9 Å². The fourth-order valence-corrected chi connectivity index (χ4v) is 2.57. The maximum absolute atomic E-state index is 13.5. The highest BCUT2D eigenvalue weighted by Crippen LogP contribution is 2.36. The Morgan fingerprint density at radius 2 is 1.88 bits per heavy atom. The molecule has 16 heavy (non-hydrogen) atoms. The molecule has 2 rings (SSSR count). The number of halogens is 3. The Hall–Kier alpha value is -1.13. The van der Waals surface area contributed by atoms with E-state index in [1.807, 2.05) is 6.92 Å². The van der Waals surface area contributed by atoms with Crippen LogP contribution < -0.4 is 5.73 Å². The molecule has 5 heteroatoms. The van der Waals surface area contributed by atoms with E-state index in [0.29, 0.717) is 9.21 Å². The van der Waals surface area contributed by atoms with Gasteiger partial charge in [-0.05, 0) is 24.6 Å². The van der Waals surface area contributed by atoms with Crippen LogP contribution in [-0.2, 0) is 0 Å². The van der Waals surface area contributed by atoms with Crippen LogP contribution in [0.2, 0.25) is 4.34 Å². The fraction of sp³-hybridized carbons (Fsp3) is 0.0909. The van der Waals surface area contributed by atoms with Crippen molar-refractivity contribution in [3.05, 3.63) is 39.7 Å². The molecule has 0 aliphatic rings. The quantitative estimate of drug-likeness (QED) is 0.762. The maximum atomic E-state index is 13.5. The third-order valence-electron chi connectivity index (χ3n) is 2.21. The van der Waals surface area contributed by atoms with Crippen molar-refractivity contribution in [3.8, 4) is 10.4 Å². The van der Waals surface area contributed by atoms with Crippen LogP contribution in [0.4, 0.5) is 14.5 Å². The van der Waals surface area contributed by atoms with Gasteiger partial charge in [0.05, 0.1) is 10.0 Å². The Kier molecular flexibility index (Phi) is 2.86. The van der Waals surface area contributed by atoms with E-state index in [9.17, 15) is 8.78 Å². The zero-order valence-corrected chi connectivity index (χ0v) is 9.92. The number of aryl methyl sites for hydroxylation is 1. The number of nitrogen functional groups attached to an aromatic ring is 1. The normalized spacial score (nSPS) is 10.8. The molecule has 0 unspecified atom stereocenters. The van der Waals surface area contributed by atoms with Gasteiger partial charge in [-0.1, -0.05) is 11.6 Å². The zero-order chi connectivity index (χ0) is 11.9. The Morgan fingerprint density at radius 1 is 1.19 bits per heavy atom. The van der Waals surface area contributed by atoms with E-state index in [2.05, 4.69) is 0 Å². The lowest BCUT2D eigenvalue weighted by atomic mass is 10.1. The molecule has 0 spiro atoms. The molecule has 0 bridgehead atoms. The number of thiophene rings is 1. The summed E-state index contributed by atoms with van der Waals surface area (Å²) >= 11 is 7.14. The predicted molar refractivity (Wildman–Crippen MR) is 63.8 cm³/mol. The Labute approximate surface area is 100 Å². The molecule has 2 aromatic rings. The lowest BCUT2D eigenvalue weighted by molar-refractivity contribution is 0.589. The number of anilines is 1. The first-order valence-corrected chi connectivity index (χ1v) is 5.69. The molecule has 0 saturated heterocycles. The second-order valence-electron chi connectivity index (χ2n) is 3.42. The molecule has 0 aliphatic heterocycles. The molecule has 1 nitrogen and oxygen atoms in total. The minimum Gasteiger partial charge on any atom is -0.396 e. The van der Waals surface area contributed by atoms with Gasteiger partial charge >= 0.3 is 0 Å². The van der Waals surface area contributed by atoms with Crippen LogP contribution in [-0.4, -0.2) is 0 Å². The highest BCUT2D eigenvalue weighted by molar-refractivity contribution is 7.19. The van der Waals surface area contributed by atoms with Gasteiger partial charge in [0.2, 0.25) is 0 Å². The van der Waals surface area contributed by atoms with E-state index in [1.165, 1.54) is 17.4 Å². The van der Waals surface area contributed by atoms with Crippen LogP contribution in [0.5, 0.6) is 0 Å². The largest absolute Gasteiger partial charge is 0.396 e. The van der Waals surface area contributed by atoms with E-state index < -0.39 is 11.6 Å². The lowest BCUT2D eigenvalue weighted by Gasteiger charge is -2.02. The summed E-state index contributed by atoms with van der Waals surface area (Å²) in [6.07, 6.45) is 0. The summed E-state index contributed by atoms with van der Waals surface area (Å²) in [5, 5.41) is 0. The summed E-state index contributed by atoms with van der Waals surface area (Å²) in [6.45, 7) is 1.83. The average molecular weight is 260 g/mol. The van der Waals surface area contributed by atoms with Gasteiger partial charge < -0.3 is 5.73 Å². The smallest absolute Gasteiger partial charge is 0.149 e. The molecule has 0 atom stereocenters. The van der Waals surface area contributed by atoms with E-state index in [0.717, 1.165) is 11.6 Å². The summed E-state index contributed by atoms with van der Waals surface area (Å²) in [4.78, 5) is 0.645.